The van der Waals surface area contributed by atoms with E-state index in [0.717, 1.165) is 0 Å². The van der Waals surface area contributed by atoms with Gasteiger partial charge < -0.3 is 0 Å². The second-order valence-electron chi connectivity index (χ2n) is 3.70. The molecule has 0 fully saturated rings. The summed E-state index contributed by atoms with van der Waals surface area (Å²) >= 11 is 8.98. The van der Waals surface area contributed by atoms with Crippen LogP contribution in [0.1, 0.15) is 15.9 Å². The molecular formula is C13H8BrClFNO. The molecule has 0 unspecified atom stereocenters. The van der Waals surface area contributed by atoms with Crippen LogP contribution in [0, 0.1) is 5.82 Å². The van der Waals surface area contributed by atoms with Crippen LogP contribution in [-0.4, -0.2) is 10.8 Å². The summed E-state index contributed by atoms with van der Waals surface area (Å²) < 4.78 is 13.3. The molecule has 0 aliphatic rings. The highest BCUT2D eigenvalue weighted by Crippen LogP contribution is 2.20. The van der Waals surface area contributed by atoms with E-state index < -0.39 is 5.82 Å². The second kappa shape index (κ2) is 5.59. The van der Waals surface area contributed by atoms with E-state index in [2.05, 4.69) is 20.9 Å². The second-order valence-corrected chi connectivity index (χ2v) is 4.96. The van der Waals surface area contributed by atoms with E-state index in [1.165, 1.54) is 24.4 Å². The molecule has 1 heterocycles. The molecule has 1 aromatic heterocycles. The molecule has 0 saturated carbocycles. The number of ketones is 1. The minimum absolute atomic E-state index is 0.121. The summed E-state index contributed by atoms with van der Waals surface area (Å²) in [6.45, 7) is 0. The zero-order valence-corrected chi connectivity index (χ0v) is 11.5. The Morgan fingerprint density at radius 2 is 2.17 bits per heavy atom. The molecule has 92 valence electrons. The van der Waals surface area contributed by atoms with Crippen molar-refractivity contribution in [1.82, 2.24) is 4.98 Å². The fourth-order valence-corrected chi connectivity index (χ4v) is 2.06. The summed E-state index contributed by atoms with van der Waals surface area (Å²) in [5.41, 5.74) is 1.15. The highest BCUT2D eigenvalue weighted by atomic mass is 79.9. The first-order valence-corrected chi connectivity index (χ1v) is 6.31. The molecule has 1 aromatic carbocycles. The first-order chi connectivity index (χ1) is 8.58. The van der Waals surface area contributed by atoms with Gasteiger partial charge in [0.15, 0.2) is 5.78 Å². The Balaban J connectivity index is 2.22. The summed E-state index contributed by atoms with van der Waals surface area (Å²) in [6, 6.07) is 5.87. The average Bonchev–Trinajstić information content (AvgIpc) is 2.35. The number of nitrogens with zero attached hydrogens (tertiary/aromatic N) is 1. The van der Waals surface area contributed by atoms with Crippen molar-refractivity contribution >= 4 is 33.3 Å². The van der Waals surface area contributed by atoms with Crippen LogP contribution in [0.5, 0.6) is 0 Å². The van der Waals surface area contributed by atoms with Crippen LogP contribution < -0.4 is 0 Å². The quantitative estimate of drug-likeness (QED) is 0.795. The number of rotatable bonds is 3. The van der Waals surface area contributed by atoms with E-state index >= 15 is 0 Å². The minimum Gasteiger partial charge on any atom is -0.294 e. The maximum Gasteiger partial charge on any atom is 0.167 e. The Morgan fingerprint density at radius 3 is 2.83 bits per heavy atom. The van der Waals surface area contributed by atoms with Crippen LogP contribution in [0.2, 0.25) is 5.02 Å². The Kier molecular flexibility index (Phi) is 4.09. The van der Waals surface area contributed by atoms with Gasteiger partial charge in [0.25, 0.3) is 0 Å². The lowest BCUT2D eigenvalue weighted by Gasteiger charge is -2.04. The van der Waals surface area contributed by atoms with Crippen LogP contribution in [0.15, 0.2) is 41.1 Å². The first kappa shape index (κ1) is 13.2. The highest BCUT2D eigenvalue weighted by Gasteiger charge is 2.11. The number of pyridine rings is 1. The molecule has 0 N–H and O–H groups in total. The van der Waals surface area contributed by atoms with Gasteiger partial charge in [0, 0.05) is 24.4 Å². The molecule has 0 bridgehead atoms. The molecule has 0 saturated heterocycles. The van der Waals surface area contributed by atoms with Crippen molar-refractivity contribution in [2.75, 3.05) is 0 Å². The smallest absolute Gasteiger partial charge is 0.167 e. The lowest BCUT2D eigenvalue weighted by molar-refractivity contribution is 0.0993. The highest BCUT2D eigenvalue weighted by molar-refractivity contribution is 9.10. The largest absolute Gasteiger partial charge is 0.294 e. The van der Waals surface area contributed by atoms with E-state index in [4.69, 9.17) is 11.6 Å². The number of hydrogen-bond donors (Lipinski definition) is 0. The van der Waals surface area contributed by atoms with Gasteiger partial charge in [-0.3, -0.25) is 9.78 Å². The first-order valence-electron chi connectivity index (χ1n) is 5.14. The van der Waals surface area contributed by atoms with Gasteiger partial charge >= 0.3 is 0 Å². The molecule has 0 amide bonds. The topological polar surface area (TPSA) is 30.0 Å². The van der Waals surface area contributed by atoms with Crippen molar-refractivity contribution in [3.05, 3.63) is 63.1 Å². The van der Waals surface area contributed by atoms with Gasteiger partial charge in [-0.15, -0.1) is 0 Å². The van der Waals surface area contributed by atoms with Crippen LogP contribution in [0.3, 0.4) is 0 Å². The zero-order valence-electron chi connectivity index (χ0n) is 9.16. The van der Waals surface area contributed by atoms with Gasteiger partial charge in [0.05, 0.1) is 9.50 Å². The van der Waals surface area contributed by atoms with Crippen LogP contribution in [0.25, 0.3) is 0 Å². The van der Waals surface area contributed by atoms with Gasteiger partial charge in [0.1, 0.15) is 5.82 Å². The van der Waals surface area contributed by atoms with Gasteiger partial charge in [-0.05, 0) is 45.8 Å². The van der Waals surface area contributed by atoms with Crippen LogP contribution >= 0.6 is 27.5 Å². The van der Waals surface area contributed by atoms with Gasteiger partial charge in [-0.2, -0.15) is 0 Å². The Morgan fingerprint density at radius 1 is 1.39 bits per heavy atom. The molecule has 2 nitrogen and oxygen atoms in total. The number of carbonyl (C=O) groups excluding carboxylic acids is 1. The van der Waals surface area contributed by atoms with E-state index in [0.29, 0.717) is 16.1 Å². The average molecular weight is 329 g/mol. The molecule has 0 atom stereocenters. The van der Waals surface area contributed by atoms with Crippen molar-refractivity contribution in [2.24, 2.45) is 0 Å². The summed E-state index contributed by atoms with van der Waals surface area (Å²) in [5.74, 6) is -0.516. The normalized spacial score (nSPS) is 10.4. The number of halogens is 3. The van der Waals surface area contributed by atoms with E-state index in [9.17, 15) is 9.18 Å². The van der Waals surface area contributed by atoms with Crippen molar-refractivity contribution in [3.8, 4) is 0 Å². The Bertz CT molecular complexity index is 603. The zero-order chi connectivity index (χ0) is 13.1. The van der Waals surface area contributed by atoms with E-state index in [-0.39, 0.29) is 16.7 Å². The predicted octanol–water partition coefficient (Wildman–Crippen LogP) is 4.06. The van der Waals surface area contributed by atoms with Crippen LogP contribution in [-0.2, 0) is 6.42 Å². The van der Waals surface area contributed by atoms with Crippen molar-refractivity contribution in [1.29, 1.82) is 0 Å². The minimum atomic E-state index is -0.395. The number of carbonyl (C=O) groups is 1. The Labute approximate surface area is 117 Å². The third-order valence-corrected chi connectivity index (χ3v) is 3.40. The molecule has 0 radical (unpaired) electrons. The molecular weight excluding hydrogens is 321 g/mol. The monoisotopic (exact) mass is 327 g/mol. The summed E-state index contributed by atoms with van der Waals surface area (Å²) in [5, 5.41) is 0.451. The van der Waals surface area contributed by atoms with Gasteiger partial charge in [0.2, 0.25) is 0 Å². The fourth-order valence-electron chi connectivity index (χ4n) is 1.49. The molecule has 18 heavy (non-hydrogen) atoms. The third-order valence-electron chi connectivity index (χ3n) is 2.45. The van der Waals surface area contributed by atoms with E-state index in [1.54, 1.807) is 12.3 Å². The number of benzene rings is 1. The van der Waals surface area contributed by atoms with Gasteiger partial charge in [-0.25, -0.2) is 4.39 Å². The van der Waals surface area contributed by atoms with Crippen molar-refractivity contribution in [3.63, 3.8) is 0 Å². The molecule has 5 heteroatoms. The summed E-state index contributed by atoms with van der Waals surface area (Å²) in [7, 11) is 0. The predicted molar refractivity (Wildman–Crippen MR) is 71.4 cm³/mol. The number of Topliss-reactive ketones (excluding diaryl/α,β-unsaturated/α-hetero) is 1. The van der Waals surface area contributed by atoms with Crippen molar-refractivity contribution in [2.45, 2.75) is 6.42 Å². The fraction of sp³-hybridized carbons (Fsp3) is 0.0769. The maximum absolute atomic E-state index is 13.1. The lowest BCUT2D eigenvalue weighted by atomic mass is 10.0. The van der Waals surface area contributed by atoms with Crippen LogP contribution in [0.4, 0.5) is 4.39 Å². The SMILES string of the molecule is O=C(Cc1ccncc1Cl)c1ccc(F)c(Br)c1. The van der Waals surface area contributed by atoms with Gasteiger partial charge in [-0.1, -0.05) is 11.6 Å². The molecule has 2 rings (SSSR count). The third kappa shape index (κ3) is 2.94. The number of hydrogen-bond acceptors (Lipinski definition) is 2. The summed E-state index contributed by atoms with van der Waals surface area (Å²) in [4.78, 5) is 15.9. The molecule has 0 spiro atoms. The standard InChI is InChI=1S/C13H8BrClFNO/c14-10-5-9(1-2-12(10)16)13(18)6-8-3-4-17-7-11(8)15/h1-5,7H,6H2. The molecule has 0 aliphatic carbocycles. The Hall–Kier alpha value is -1.26. The van der Waals surface area contributed by atoms with E-state index in [1.807, 2.05) is 0 Å². The van der Waals surface area contributed by atoms with Crippen molar-refractivity contribution < 1.29 is 9.18 Å². The molecule has 2 aromatic rings. The maximum atomic E-state index is 13.1. The lowest BCUT2D eigenvalue weighted by Crippen LogP contribution is -2.04. The number of aromatic nitrogens is 1. The molecule has 0 aliphatic heterocycles. The summed E-state index contributed by atoms with van der Waals surface area (Å²) in [6.07, 6.45) is 3.24.